The number of nitrogen functional groups attached to an aromatic ring is 1. The minimum absolute atomic E-state index is 0.0405. The quantitative estimate of drug-likeness (QED) is 0.515. The summed E-state index contributed by atoms with van der Waals surface area (Å²) >= 11 is 6.06. The highest BCUT2D eigenvalue weighted by atomic mass is 35.5. The maximum Gasteiger partial charge on any atom is 0.340 e. The summed E-state index contributed by atoms with van der Waals surface area (Å²) in [6, 6.07) is 2.75. The molecule has 0 fully saturated rings. The lowest BCUT2D eigenvalue weighted by atomic mass is 10.0. The minimum atomic E-state index is -0.641. The van der Waals surface area contributed by atoms with Gasteiger partial charge in [-0.15, -0.1) is 0 Å². The fourth-order valence-corrected chi connectivity index (χ4v) is 2.25. The lowest BCUT2D eigenvalue weighted by Crippen LogP contribution is -2.19. The summed E-state index contributed by atoms with van der Waals surface area (Å²) in [6.45, 7) is 5.73. The molecule has 0 radical (unpaired) electrons. The summed E-state index contributed by atoms with van der Waals surface area (Å²) in [4.78, 5) is 24.7. The second-order valence-corrected chi connectivity index (χ2v) is 5.67. The highest BCUT2D eigenvalue weighted by Crippen LogP contribution is 2.28. The third-order valence-corrected chi connectivity index (χ3v) is 3.52. The first-order valence-electron chi connectivity index (χ1n) is 7.12. The van der Waals surface area contributed by atoms with Crippen molar-refractivity contribution in [3.05, 3.63) is 39.8 Å². The van der Waals surface area contributed by atoms with Crippen molar-refractivity contribution in [2.45, 2.75) is 26.9 Å². The summed E-state index contributed by atoms with van der Waals surface area (Å²) in [5, 5.41) is 0.0544. The second kappa shape index (κ2) is 6.91. The van der Waals surface area contributed by atoms with E-state index in [-0.39, 0.29) is 40.3 Å². The molecule has 0 atom stereocenters. The van der Waals surface area contributed by atoms with Gasteiger partial charge in [0.05, 0.1) is 22.4 Å². The molecule has 23 heavy (non-hydrogen) atoms. The Morgan fingerprint density at radius 2 is 1.91 bits per heavy atom. The van der Waals surface area contributed by atoms with Crippen LogP contribution >= 0.6 is 11.6 Å². The molecule has 0 saturated heterocycles. The molecule has 7 heteroatoms. The molecular formula is C16H18ClNO5. The standard InChI is InChI=1S/C16H18ClNO5/c1-8(2)23-16(20)11-6-10(7-12(18)13(11)17)14(19)15-9(3)21-4-5-22-15/h6-8H,4-5,18H2,1-3H3. The molecule has 1 aromatic carbocycles. The van der Waals surface area contributed by atoms with Crippen LogP contribution in [0.4, 0.5) is 5.69 Å². The van der Waals surface area contributed by atoms with Gasteiger partial charge in [-0.25, -0.2) is 4.79 Å². The molecule has 2 N–H and O–H groups in total. The van der Waals surface area contributed by atoms with Crippen LogP contribution in [0.5, 0.6) is 0 Å². The molecule has 1 aromatic rings. The van der Waals surface area contributed by atoms with E-state index in [0.717, 1.165) is 0 Å². The van der Waals surface area contributed by atoms with Crippen LogP contribution in [-0.2, 0) is 14.2 Å². The Morgan fingerprint density at radius 1 is 1.26 bits per heavy atom. The number of anilines is 1. The van der Waals surface area contributed by atoms with E-state index < -0.39 is 11.8 Å². The van der Waals surface area contributed by atoms with Crippen molar-refractivity contribution < 1.29 is 23.8 Å². The third kappa shape index (κ3) is 3.76. The van der Waals surface area contributed by atoms with E-state index >= 15 is 0 Å². The summed E-state index contributed by atoms with van der Waals surface area (Å²) in [5.74, 6) is -0.579. The van der Waals surface area contributed by atoms with Crippen molar-refractivity contribution in [1.29, 1.82) is 0 Å². The molecule has 2 rings (SSSR count). The van der Waals surface area contributed by atoms with Gasteiger partial charge >= 0.3 is 5.97 Å². The van der Waals surface area contributed by atoms with E-state index in [1.165, 1.54) is 12.1 Å². The minimum Gasteiger partial charge on any atom is -0.491 e. The average molecular weight is 340 g/mol. The number of rotatable bonds is 4. The van der Waals surface area contributed by atoms with Crippen molar-refractivity contribution in [3.8, 4) is 0 Å². The summed E-state index contributed by atoms with van der Waals surface area (Å²) in [6.07, 6.45) is -0.320. The Bertz CT molecular complexity index is 681. The van der Waals surface area contributed by atoms with Crippen LogP contribution in [0, 0.1) is 0 Å². The number of esters is 1. The average Bonchev–Trinajstić information content (AvgIpc) is 2.48. The zero-order valence-corrected chi connectivity index (χ0v) is 13.9. The smallest absolute Gasteiger partial charge is 0.340 e. The van der Waals surface area contributed by atoms with Gasteiger partial charge in [0.15, 0.2) is 0 Å². The Balaban J connectivity index is 2.42. The van der Waals surface area contributed by atoms with E-state index in [2.05, 4.69) is 0 Å². The van der Waals surface area contributed by atoms with Gasteiger partial charge in [0.25, 0.3) is 0 Å². The molecule has 1 heterocycles. The molecule has 6 nitrogen and oxygen atoms in total. The predicted octanol–water partition coefficient (Wildman–Crippen LogP) is 2.95. The SMILES string of the molecule is CC1=C(C(=O)c2cc(N)c(Cl)c(C(=O)OC(C)C)c2)OCCO1. The molecule has 0 aromatic heterocycles. The molecule has 0 spiro atoms. The largest absolute Gasteiger partial charge is 0.491 e. The normalized spacial score (nSPS) is 14.3. The van der Waals surface area contributed by atoms with Crippen molar-refractivity contribution in [3.63, 3.8) is 0 Å². The number of benzene rings is 1. The first-order chi connectivity index (χ1) is 10.8. The molecule has 1 aliphatic rings. The van der Waals surface area contributed by atoms with Crippen LogP contribution in [0.15, 0.2) is 23.7 Å². The summed E-state index contributed by atoms with van der Waals surface area (Å²) in [7, 11) is 0. The van der Waals surface area contributed by atoms with Gasteiger partial charge in [-0.3, -0.25) is 4.79 Å². The molecule has 1 aliphatic heterocycles. The third-order valence-electron chi connectivity index (χ3n) is 3.10. The zero-order chi connectivity index (χ0) is 17.1. The molecule has 0 aliphatic carbocycles. The Kier molecular flexibility index (Phi) is 5.15. The second-order valence-electron chi connectivity index (χ2n) is 5.29. The van der Waals surface area contributed by atoms with Gasteiger partial charge in [0.1, 0.15) is 19.0 Å². The maximum absolute atomic E-state index is 12.6. The molecule has 124 valence electrons. The fraction of sp³-hybridized carbons (Fsp3) is 0.375. The lowest BCUT2D eigenvalue weighted by molar-refractivity contribution is 0.0378. The number of nitrogens with two attached hydrogens (primary N) is 1. The van der Waals surface area contributed by atoms with Crippen molar-refractivity contribution in [2.24, 2.45) is 0 Å². The molecule has 0 unspecified atom stereocenters. The van der Waals surface area contributed by atoms with Crippen LogP contribution in [0.3, 0.4) is 0 Å². The highest BCUT2D eigenvalue weighted by molar-refractivity contribution is 6.36. The van der Waals surface area contributed by atoms with E-state index in [0.29, 0.717) is 12.4 Å². The highest BCUT2D eigenvalue weighted by Gasteiger charge is 2.25. The maximum atomic E-state index is 12.6. The number of ether oxygens (including phenoxy) is 3. The number of Topliss-reactive ketones (excluding diaryl/α,β-unsaturated/α-hetero) is 1. The number of halogens is 1. The van der Waals surface area contributed by atoms with Crippen LogP contribution in [-0.4, -0.2) is 31.1 Å². The van der Waals surface area contributed by atoms with Gasteiger partial charge in [-0.05, 0) is 32.9 Å². The van der Waals surface area contributed by atoms with Crippen LogP contribution in [0.1, 0.15) is 41.5 Å². The molecular weight excluding hydrogens is 322 g/mol. The topological polar surface area (TPSA) is 87.9 Å². The van der Waals surface area contributed by atoms with Gasteiger partial charge in [0, 0.05) is 5.56 Å². The monoisotopic (exact) mass is 339 g/mol. The molecule has 0 saturated carbocycles. The van der Waals surface area contributed by atoms with E-state index in [9.17, 15) is 9.59 Å². The first-order valence-corrected chi connectivity index (χ1v) is 7.50. The van der Waals surface area contributed by atoms with Crippen molar-refractivity contribution in [2.75, 3.05) is 18.9 Å². The van der Waals surface area contributed by atoms with E-state index in [4.69, 9.17) is 31.5 Å². The molecule has 0 bridgehead atoms. The van der Waals surface area contributed by atoms with Gasteiger partial charge in [-0.1, -0.05) is 11.6 Å². The van der Waals surface area contributed by atoms with Gasteiger partial charge in [-0.2, -0.15) is 0 Å². The Hall–Kier alpha value is -2.21. The van der Waals surface area contributed by atoms with Crippen LogP contribution < -0.4 is 5.73 Å². The number of hydrogen-bond donors (Lipinski definition) is 1. The lowest BCUT2D eigenvalue weighted by Gasteiger charge is -2.19. The Labute approximate surface area is 139 Å². The number of carbonyl (C=O) groups excluding carboxylic acids is 2. The predicted molar refractivity (Wildman–Crippen MR) is 85.4 cm³/mol. The Morgan fingerprint density at radius 3 is 2.52 bits per heavy atom. The van der Waals surface area contributed by atoms with Gasteiger partial charge in [0.2, 0.25) is 11.5 Å². The van der Waals surface area contributed by atoms with Crippen LogP contribution in [0.2, 0.25) is 5.02 Å². The van der Waals surface area contributed by atoms with Crippen molar-refractivity contribution in [1.82, 2.24) is 0 Å². The summed E-state index contributed by atoms with van der Waals surface area (Å²) < 4.78 is 15.8. The number of ketones is 1. The van der Waals surface area contributed by atoms with E-state index in [1.54, 1.807) is 20.8 Å². The van der Waals surface area contributed by atoms with Crippen molar-refractivity contribution >= 4 is 29.0 Å². The molecule has 0 amide bonds. The summed E-state index contributed by atoms with van der Waals surface area (Å²) in [5.41, 5.74) is 6.15. The fourth-order valence-electron chi connectivity index (χ4n) is 2.07. The van der Waals surface area contributed by atoms with Crippen LogP contribution in [0.25, 0.3) is 0 Å². The number of hydrogen-bond acceptors (Lipinski definition) is 6. The number of carbonyl (C=O) groups is 2. The number of allylic oxidation sites excluding steroid dienone is 2. The van der Waals surface area contributed by atoms with Gasteiger partial charge < -0.3 is 19.9 Å². The van der Waals surface area contributed by atoms with E-state index in [1.807, 2.05) is 0 Å². The zero-order valence-electron chi connectivity index (χ0n) is 13.1. The first kappa shape index (κ1) is 17.1.